The predicted molar refractivity (Wildman–Crippen MR) is 56.4 cm³/mol. The van der Waals surface area contributed by atoms with Crippen molar-refractivity contribution in [1.29, 1.82) is 0 Å². The smallest absolute Gasteiger partial charge is 0.150 e. The molecule has 0 saturated carbocycles. The maximum atomic E-state index is 10.5. The molecule has 76 valence electrons. The molecule has 1 aromatic rings. The van der Waals surface area contributed by atoms with Gasteiger partial charge in [0.1, 0.15) is 6.29 Å². The highest BCUT2D eigenvalue weighted by atomic mass is 16.5. The van der Waals surface area contributed by atoms with Crippen molar-refractivity contribution in [2.75, 3.05) is 0 Å². The van der Waals surface area contributed by atoms with E-state index in [1.807, 2.05) is 39.0 Å². The standard InChI is InChI=1S/C12H16O2/c1-12(2,3)14-9-11-6-4-5-10(7-11)8-13/h4-8H,9H2,1-3H3. The van der Waals surface area contributed by atoms with Crippen LogP contribution in [-0.4, -0.2) is 11.9 Å². The van der Waals surface area contributed by atoms with Gasteiger partial charge in [-0.3, -0.25) is 4.79 Å². The van der Waals surface area contributed by atoms with Gasteiger partial charge < -0.3 is 4.74 Å². The average Bonchev–Trinajstić information content (AvgIpc) is 2.14. The van der Waals surface area contributed by atoms with E-state index in [-0.39, 0.29) is 5.60 Å². The van der Waals surface area contributed by atoms with Crippen molar-refractivity contribution in [3.05, 3.63) is 35.4 Å². The zero-order chi connectivity index (χ0) is 10.6. The minimum Gasteiger partial charge on any atom is -0.371 e. The number of hydrogen-bond donors (Lipinski definition) is 0. The molecule has 0 saturated heterocycles. The van der Waals surface area contributed by atoms with Crippen molar-refractivity contribution in [1.82, 2.24) is 0 Å². The third kappa shape index (κ3) is 3.71. The van der Waals surface area contributed by atoms with E-state index in [2.05, 4.69) is 0 Å². The Morgan fingerprint density at radius 1 is 1.36 bits per heavy atom. The molecule has 0 aromatic heterocycles. The Hall–Kier alpha value is -1.15. The highest BCUT2D eigenvalue weighted by Crippen LogP contribution is 2.12. The van der Waals surface area contributed by atoms with Crippen molar-refractivity contribution < 1.29 is 9.53 Å². The molecule has 14 heavy (non-hydrogen) atoms. The summed E-state index contributed by atoms with van der Waals surface area (Å²) in [5, 5.41) is 0. The lowest BCUT2D eigenvalue weighted by atomic mass is 10.1. The van der Waals surface area contributed by atoms with E-state index < -0.39 is 0 Å². The lowest BCUT2D eigenvalue weighted by molar-refractivity contribution is -0.0149. The number of rotatable bonds is 3. The number of carbonyl (C=O) groups is 1. The zero-order valence-electron chi connectivity index (χ0n) is 8.91. The molecular formula is C12H16O2. The molecule has 0 spiro atoms. The first-order valence-electron chi connectivity index (χ1n) is 4.69. The number of ether oxygens (including phenoxy) is 1. The molecule has 1 rings (SSSR count). The van der Waals surface area contributed by atoms with Crippen molar-refractivity contribution in [3.8, 4) is 0 Å². The van der Waals surface area contributed by atoms with Crippen molar-refractivity contribution in [3.63, 3.8) is 0 Å². The number of benzene rings is 1. The van der Waals surface area contributed by atoms with Crippen molar-refractivity contribution >= 4 is 6.29 Å². The van der Waals surface area contributed by atoms with Gasteiger partial charge in [-0.25, -0.2) is 0 Å². The van der Waals surface area contributed by atoms with Crippen LogP contribution in [0.5, 0.6) is 0 Å². The van der Waals surface area contributed by atoms with Crippen LogP contribution in [0.1, 0.15) is 36.7 Å². The Bertz CT molecular complexity index is 310. The number of aldehydes is 1. The largest absolute Gasteiger partial charge is 0.371 e. The fraction of sp³-hybridized carbons (Fsp3) is 0.417. The summed E-state index contributed by atoms with van der Waals surface area (Å²) in [7, 11) is 0. The molecule has 2 heteroatoms. The van der Waals surface area contributed by atoms with Gasteiger partial charge in [0.05, 0.1) is 12.2 Å². The molecule has 0 N–H and O–H groups in total. The molecule has 1 aromatic carbocycles. The Labute approximate surface area is 84.9 Å². The molecule has 0 bridgehead atoms. The van der Waals surface area contributed by atoms with Gasteiger partial charge in [-0.2, -0.15) is 0 Å². The SMILES string of the molecule is CC(C)(C)OCc1cccc(C=O)c1. The van der Waals surface area contributed by atoms with Gasteiger partial charge in [-0.15, -0.1) is 0 Å². The van der Waals surface area contributed by atoms with Crippen molar-refractivity contribution in [2.24, 2.45) is 0 Å². The quantitative estimate of drug-likeness (QED) is 0.688. The third-order valence-electron chi connectivity index (χ3n) is 1.76. The van der Waals surface area contributed by atoms with Crippen LogP contribution < -0.4 is 0 Å². The van der Waals surface area contributed by atoms with Crippen LogP contribution in [-0.2, 0) is 11.3 Å². The molecule has 0 heterocycles. The molecular weight excluding hydrogens is 176 g/mol. The lowest BCUT2D eigenvalue weighted by Gasteiger charge is -2.19. The molecule has 0 atom stereocenters. The molecule has 0 radical (unpaired) electrons. The van der Waals surface area contributed by atoms with Crippen LogP contribution in [0.4, 0.5) is 0 Å². The summed E-state index contributed by atoms with van der Waals surface area (Å²) in [5.74, 6) is 0. The molecule has 0 aliphatic rings. The maximum absolute atomic E-state index is 10.5. The van der Waals surface area contributed by atoms with Gasteiger partial charge in [0.25, 0.3) is 0 Å². The summed E-state index contributed by atoms with van der Waals surface area (Å²) in [6.07, 6.45) is 0.848. The van der Waals surface area contributed by atoms with E-state index in [1.165, 1.54) is 0 Å². The van der Waals surface area contributed by atoms with Gasteiger partial charge in [-0.05, 0) is 32.4 Å². The Morgan fingerprint density at radius 3 is 2.64 bits per heavy atom. The van der Waals surface area contributed by atoms with E-state index in [0.717, 1.165) is 11.8 Å². The normalized spacial score (nSPS) is 11.4. The predicted octanol–water partition coefficient (Wildman–Crippen LogP) is 2.81. The monoisotopic (exact) mass is 192 g/mol. The Morgan fingerprint density at radius 2 is 2.07 bits per heavy atom. The van der Waals surface area contributed by atoms with Crippen LogP contribution >= 0.6 is 0 Å². The van der Waals surface area contributed by atoms with Gasteiger partial charge in [-0.1, -0.05) is 18.2 Å². The Kier molecular flexibility index (Phi) is 3.42. The van der Waals surface area contributed by atoms with Crippen molar-refractivity contribution in [2.45, 2.75) is 33.0 Å². The van der Waals surface area contributed by atoms with Crippen LogP contribution in [0.2, 0.25) is 0 Å². The highest BCUT2D eigenvalue weighted by molar-refractivity contribution is 5.74. The van der Waals surface area contributed by atoms with Gasteiger partial charge in [0.2, 0.25) is 0 Å². The molecule has 0 amide bonds. The first-order chi connectivity index (χ1) is 6.51. The van der Waals surface area contributed by atoms with E-state index in [4.69, 9.17) is 4.74 Å². The summed E-state index contributed by atoms with van der Waals surface area (Å²) in [6, 6.07) is 7.45. The zero-order valence-corrected chi connectivity index (χ0v) is 8.91. The van der Waals surface area contributed by atoms with Crippen LogP contribution in [0.25, 0.3) is 0 Å². The lowest BCUT2D eigenvalue weighted by Crippen LogP contribution is -2.18. The average molecular weight is 192 g/mol. The molecule has 0 aliphatic carbocycles. The minimum absolute atomic E-state index is 0.142. The summed E-state index contributed by atoms with van der Waals surface area (Å²) in [4.78, 5) is 10.5. The first-order valence-corrected chi connectivity index (χ1v) is 4.69. The van der Waals surface area contributed by atoms with E-state index in [9.17, 15) is 4.79 Å². The number of carbonyl (C=O) groups excluding carboxylic acids is 1. The summed E-state index contributed by atoms with van der Waals surface area (Å²) >= 11 is 0. The fourth-order valence-corrected chi connectivity index (χ4v) is 1.06. The summed E-state index contributed by atoms with van der Waals surface area (Å²) < 4.78 is 5.60. The topological polar surface area (TPSA) is 26.3 Å². The Balaban J connectivity index is 2.63. The summed E-state index contributed by atoms with van der Waals surface area (Å²) in [6.45, 7) is 6.58. The number of hydrogen-bond acceptors (Lipinski definition) is 2. The maximum Gasteiger partial charge on any atom is 0.150 e. The van der Waals surface area contributed by atoms with Gasteiger partial charge in [0, 0.05) is 5.56 Å². The third-order valence-corrected chi connectivity index (χ3v) is 1.76. The summed E-state index contributed by atoms with van der Waals surface area (Å²) in [5.41, 5.74) is 1.58. The molecule has 0 aliphatic heterocycles. The minimum atomic E-state index is -0.142. The molecule has 0 fully saturated rings. The second-order valence-corrected chi connectivity index (χ2v) is 4.26. The fourth-order valence-electron chi connectivity index (χ4n) is 1.06. The second kappa shape index (κ2) is 4.38. The van der Waals surface area contributed by atoms with E-state index >= 15 is 0 Å². The van der Waals surface area contributed by atoms with Crippen LogP contribution in [0.3, 0.4) is 0 Å². The van der Waals surface area contributed by atoms with Gasteiger partial charge in [0.15, 0.2) is 0 Å². The molecule has 2 nitrogen and oxygen atoms in total. The second-order valence-electron chi connectivity index (χ2n) is 4.26. The van der Waals surface area contributed by atoms with Gasteiger partial charge >= 0.3 is 0 Å². The first kappa shape index (κ1) is 10.9. The van der Waals surface area contributed by atoms with E-state index in [0.29, 0.717) is 12.2 Å². The van der Waals surface area contributed by atoms with Crippen LogP contribution in [0, 0.1) is 0 Å². The van der Waals surface area contributed by atoms with Crippen LogP contribution in [0.15, 0.2) is 24.3 Å². The van der Waals surface area contributed by atoms with E-state index in [1.54, 1.807) is 6.07 Å². The molecule has 0 unspecified atom stereocenters. The highest BCUT2D eigenvalue weighted by Gasteiger charge is 2.09.